The molecule has 3 heterocycles. The molecule has 5 aromatic rings. The first-order chi connectivity index (χ1) is 19.2. The maximum absolute atomic E-state index is 15.7. The molecule has 6 rings (SSSR count). The molecule has 2 aromatic heterocycles. The van der Waals surface area contributed by atoms with Crippen LogP contribution in [-0.2, 0) is 0 Å². The minimum Gasteiger partial charge on any atom is -0.367 e. The van der Waals surface area contributed by atoms with Crippen LogP contribution in [0.2, 0.25) is 5.02 Å². The largest absolute Gasteiger partial charge is 0.367 e. The lowest BCUT2D eigenvalue weighted by molar-refractivity contribution is 0.590. The molecular weight excluding hydrogens is 531 g/mol. The number of benzene rings is 3. The Morgan fingerprint density at radius 1 is 1.05 bits per heavy atom. The van der Waals surface area contributed by atoms with Crippen LogP contribution in [0.5, 0.6) is 0 Å². The number of piperazine rings is 1. The lowest BCUT2D eigenvalue weighted by Gasteiger charge is -2.32. The van der Waals surface area contributed by atoms with Gasteiger partial charge in [-0.25, -0.2) is 19.4 Å². The summed E-state index contributed by atoms with van der Waals surface area (Å²) in [7, 11) is 0. The maximum Gasteiger partial charge on any atom is 0.173 e. The van der Waals surface area contributed by atoms with Gasteiger partial charge in [-0.2, -0.15) is 5.26 Å². The van der Waals surface area contributed by atoms with Crippen molar-refractivity contribution in [3.63, 3.8) is 0 Å². The normalized spacial score (nSPS) is 13.3. The number of fused-ring (bicyclic) bond motifs is 1. The SMILES string of the molecule is N#Cc1c(N=C(c2ccccc2)c2ccccc2)nc2c(F)cc(Cl)c(-c3cscn3)c2c1N1CCNCC1. The number of halogens is 2. The highest BCUT2D eigenvalue weighted by Crippen LogP contribution is 2.45. The van der Waals surface area contributed by atoms with E-state index in [0.29, 0.717) is 41.1 Å². The summed E-state index contributed by atoms with van der Waals surface area (Å²) in [4.78, 5) is 16.2. The Labute approximate surface area is 234 Å². The van der Waals surface area contributed by atoms with E-state index in [2.05, 4.69) is 21.3 Å². The minimum absolute atomic E-state index is 0.106. The van der Waals surface area contributed by atoms with Gasteiger partial charge >= 0.3 is 0 Å². The van der Waals surface area contributed by atoms with Crippen LogP contribution in [-0.4, -0.2) is 41.9 Å². The molecule has 3 aromatic carbocycles. The summed E-state index contributed by atoms with van der Waals surface area (Å²) in [5, 5.41) is 16.5. The van der Waals surface area contributed by atoms with Crippen molar-refractivity contribution in [3.8, 4) is 17.3 Å². The smallest absolute Gasteiger partial charge is 0.173 e. The zero-order valence-corrected chi connectivity index (χ0v) is 22.3. The summed E-state index contributed by atoms with van der Waals surface area (Å²) < 4.78 is 15.7. The van der Waals surface area contributed by atoms with Crippen molar-refractivity contribution in [2.24, 2.45) is 4.99 Å². The molecule has 0 atom stereocenters. The molecule has 0 saturated carbocycles. The molecule has 192 valence electrons. The summed E-state index contributed by atoms with van der Waals surface area (Å²) in [6, 6.07) is 23.0. The summed E-state index contributed by atoms with van der Waals surface area (Å²) >= 11 is 8.07. The first kappa shape index (κ1) is 25.1. The average Bonchev–Trinajstić information content (AvgIpc) is 3.51. The predicted molar refractivity (Wildman–Crippen MR) is 156 cm³/mol. The van der Waals surface area contributed by atoms with Crippen molar-refractivity contribution in [1.82, 2.24) is 15.3 Å². The zero-order valence-electron chi connectivity index (χ0n) is 20.7. The highest BCUT2D eigenvalue weighted by atomic mass is 35.5. The molecule has 1 aliphatic rings. The van der Waals surface area contributed by atoms with Crippen LogP contribution in [0.15, 0.2) is 82.6 Å². The Bertz CT molecular complexity index is 1670. The number of nitrogens with zero attached hydrogens (tertiary/aromatic N) is 5. The Kier molecular flexibility index (Phi) is 7.03. The highest BCUT2D eigenvalue weighted by Gasteiger charge is 2.28. The first-order valence-corrected chi connectivity index (χ1v) is 13.8. The number of aromatic nitrogens is 2. The van der Waals surface area contributed by atoms with Crippen molar-refractivity contribution >= 4 is 51.1 Å². The Morgan fingerprint density at radius 3 is 2.31 bits per heavy atom. The van der Waals surface area contributed by atoms with Gasteiger partial charge in [-0.05, 0) is 6.07 Å². The fourth-order valence-electron chi connectivity index (χ4n) is 4.91. The average molecular weight is 553 g/mol. The van der Waals surface area contributed by atoms with Gasteiger partial charge in [-0.3, -0.25) is 0 Å². The van der Waals surface area contributed by atoms with E-state index < -0.39 is 5.82 Å². The van der Waals surface area contributed by atoms with E-state index in [1.165, 1.54) is 17.4 Å². The summed E-state index contributed by atoms with van der Waals surface area (Å²) in [6.07, 6.45) is 0. The molecule has 0 amide bonds. The monoisotopic (exact) mass is 552 g/mol. The number of nitrogens with one attached hydrogen (secondary N) is 1. The number of hydrogen-bond acceptors (Lipinski definition) is 7. The van der Waals surface area contributed by atoms with Gasteiger partial charge in [0.05, 0.1) is 27.6 Å². The number of aliphatic imine (C=N–C) groups is 1. The lowest BCUT2D eigenvalue weighted by atomic mass is 9.99. The van der Waals surface area contributed by atoms with E-state index in [-0.39, 0.29) is 21.9 Å². The molecule has 1 aliphatic heterocycles. The Morgan fingerprint density at radius 2 is 1.72 bits per heavy atom. The third kappa shape index (κ3) is 4.77. The molecule has 0 spiro atoms. The zero-order chi connectivity index (χ0) is 26.8. The molecule has 0 unspecified atom stereocenters. The standard InChI is InChI=1S/C30H22ClFN6S/c31-22-15-23(32)28-26(25(22)24-17-39-18-35-24)29(38-13-11-34-12-14-38)21(16-33)30(37-28)36-27(19-7-3-1-4-8-19)20-9-5-2-6-10-20/h1-10,15,17-18,34H,11-14H2. The number of anilines is 1. The second-order valence-corrected chi connectivity index (χ2v) is 10.1. The number of nitriles is 1. The van der Waals surface area contributed by atoms with E-state index in [9.17, 15) is 5.26 Å². The van der Waals surface area contributed by atoms with Crippen LogP contribution < -0.4 is 10.2 Å². The third-order valence-corrected chi connectivity index (χ3v) is 7.55. The number of pyridine rings is 1. The fraction of sp³-hybridized carbons (Fsp3) is 0.133. The quantitative estimate of drug-likeness (QED) is 0.249. The van der Waals surface area contributed by atoms with Gasteiger partial charge in [0.15, 0.2) is 11.6 Å². The molecule has 6 nitrogen and oxygen atoms in total. The first-order valence-electron chi connectivity index (χ1n) is 12.4. The summed E-state index contributed by atoms with van der Waals surface area (Å²) in [6.45, 7) is 2.71. The van der Waals surface area contributed by atoms with Crippen molar-refractivity contribution in [2.45, 2.75) is 0 Å². The lowest BCUT2D eigenvalue weighted by Crippen LogP contribution is -2.44. The Balaban J connectivity index is 1.72. The molecule has 0 aliphatic carbocycles. The fourth-order valence-corrected chi connectivity index (χ4v) is 5.74. The third-order valence-electron chi connectivity index (χ3n) is 6.67. The van der Waals surface area contributed by atoms with Crippen LogP contribution in [0.1, 0.15) is 16.7 Å². The van der Waals surface area contributed by atoms with Gasteiger partial charge in [-0.15, -0.1) is 11.3 Å². The van der Waals surface area contributed by atoms with Crippen molar-refractivity contribution < 1.29 is 4.39 Å². The van der Waals surface area contributed by atoms with E-state index in [1.807, 2.05) is 66.0 Å². The highest BCUT2D eigenvalue weighted by molar-refractivity contribution is 7.07. The van der Waals surface area contributed by atoms with Crippen LogP contribution >= 0.6 is 22.9 Å². The molecular formula is C30H22ClFN6S. The van der Waals surface area contributed by atoms with Crippen molar-refractivity contribution in [1.29, 1.82) is 5.26 Å². The van der Waals surface area contributed by atoms with Crippen LogP contribution in [0.25, 0.3) is 22.2 Å². The topological polar surface area (TPSA) is 77.2 Å². The maximum atomic E-state index is 15.7. The molecule has 0 bridgehead atoms. The Hall–Kier alpha value is -4.16. The van der Waals surface area contributed by atoms with Gasteiger partial charge in [0.25, 0.3) is 0 Å². The summed E-state index contributed by atoms with van der Waals surface area (Å²) in [5.74, 6) is -0.418. The van der Waals surface area contributed by atoms with Gasteiger partial charge in [0.1, 0.15) is 17.1 Å². The van der Waals surface area contributed by atoms with Crippen molar-refractivity contribution in [3.05, 3.63) is 105 Å². The molecule has 1 N–H and O–H groups in total. The minimum atomic E-state index is -0.577. The van der Waals surface area contributed by atoms with Crippen LogP contribution in [0, 0.1) is 17.1 Å². The molecule has 1 fully saturated rings. The van der Waals surface area contributed by atoms with Gasteiger partial charge in [0.2, 0.25) is 0 Å². The molecule has 0 radical (unpaired) electrons. The van der Waals surface area contributed by atoms with Crippen molar-refractivity contribution in [2.75, 3.05) is 31.1 Å². The van der Waals surface area contributed by atoms with Gasteiger partial charge in [0, 0.05) is 53.6 Å². The number of hydrogen-bond donors (Lipinski definition) is 1. The second-order valence-electron chi connectivity index (χ2n) is 9.01. The molecule has 9 heteroatoms. The number of rotatable bonds is 5. The summed E-state index contributed by atoms with van der Waals surface area (Å²) in [5.41, 5.74) is 6.19. The van der Waals surface area contributed by atoms with E-state index in [4.69, 9.17) is 21.6 Å². The van der Waals surface area contributed by atoms with E-state index in [1.54, 1.807) is 5.51 Å². The molecule has 39 heavy (non-hydrogen) atoms. The van der Waals surface area contributed by atoms with Crippen LogP contribution in [0.4, 0.5) is 15.9 Å². The predicted octanol–water partition coefficient (Wildman–Crippen LogP) is 6.60. The van der Waals surface area contributed by atoms with Gasteiger partial charge < -0.3 is 10.2 Å². The van der Waals surface area contributed by atoms with E-state index in [0.717, 1.165) is 24.2 Å². The number of thiazole rings is 1. The van der Waals surface area contributed by atoms with E-state index >= 15 is 4.39 Å². The van der Waals surface area contributed by atoms with Gasteiger partial charge in [-0.1, -0.05) is 72.3 Å². The molecule has 1 saturated heterocycles. The van der Waals surface area contributed by atoms with Crippen LogP contribution in [0.3, 0.4) is 0 Å². The second kappa shape index (κ2) is 10.9.